The lowest BCUT2D eigenvalue weighted by atomic mass is 10.3. The van der Waals surface area contributed by atoms with Crippen LogP contribution in [0.4, 0.5) is 0 Å². The van der Waals surface area contributed by atoms with Gasteiger partial charge in [-0.1, -0.05) is 0 Å². The van der Waals surface area contributed by atoms with Crippen molar-refractivity contribution in [3.05, 3.63) is 0 Å². The molecule has 0 spiro atoms. The number of amides is 1. The molecule has 0 saturated heterocycles. The van der Waals surface area contributed by atoms with Crippen molar-refractivity contribution in [2.45, 2.75) is 19.4 Å². The largest absolute Gasteiger partial charge is 0.480 e. The Morgan fingerprint density at radius 1 is 1.53 bits per heavy atom. The minimum absolute atomic E-state index is 0.118. The summed E-state index contributed by atoms with van der Waals surface area (Å²) in [6.07, 6.45) is 0.741. The smallest absolute Gasteiger partial charge is 0.327 e. The first-order valence-corrected chi connectivity index (χ1v) is 5.74. The third-order valence-electron chi connectivity index (χ3n) is 1.49. The summed E-state index contributed by atoms with van der Waals surface area (Å²) in [5, 5.41) is 10.8. The minimum Gasteiger partial charge on any atom is -0.480 e. The van der Waals surface area contributed by atoms with Gasteiger partial charge in [-0.25, -0.2) is 4.79 Å². The number of carbonyl (C=O) groups is 3. The summed E-state index contributed by atoms with van der Waals surface area (Å²) >= 11 is 0. The molecule has 0 radical (unpaired) electrons. The van der Waals surface area contributed by atoms with Gasteiger partial charge in [-0.05, 0) is 0 Å². The average Bonchev–Trinajstić information content (AvgIpc) is 2.12. The van der Waals surface area contributed by atoms with E-state index in [0.717, 1.165) is 0 Å². The van der Waals surface area contributed by atoms with Crippen molar-refractivity contribution in [1.82, 2.24) is 5.32 Å². The lowest BCUT2D eigenvalue weighted by molar-refractivity contribution is -0.140. The molecule has 0 aromatic carbocycles. The Kier molecular flexibility index (Phi) is 6.52. The Bertz CT molecular complexity index is 278. The predicted molar refractivity (Wildman–Crippen MR) is 53.8 cm³/mol. The molecular weight excluding hydrogens is 222 g/mol. The number of rotatable bonds is 7. The number of hydrogen-bond donors (Lipinski definition) is 2. The second-order valence-electron chi connectivity index (χ2n) is 2.86. The van der Waals surface area contributed by atoms with E-state index in [4.69, 9.17) is 5.11 Å². The first kappa shape index (κ1) is 13.8. The Hall–Kier alpha value is -1.24. The zero-order chi connectivity index (χ0) is 11.8. The molecule has 0 bridgehead atoms. The highest BCUT2D eigenvalue weighted by Gasteiger charge is 2.20. The van der Waals surface area contributed by atoms with Crippen LogP contribution in [-0.2, 0) is 25.2 Å². The number of nitrogens with one attached hydrogen (secondary N) is 1. The van der Waals surface area contributed by atoms with Gasteiger partial charge in [-0.15, -0.1) is 0 Å². The van der Waals surface area contributed by atoms with E-state index >= 15 is 0 Å². The molecule has 2 atom stereocenters. The molecule has 0 aliphatic carbocycles. The van der Waals surface area contributed by atoms with Crippen molar-refractivity contribution >= 4 is 29.0 Å². The van der Waals surface area contributed by atoms with E-state index < -0.39 is 28.7 Å². The molecule has 2 unspecified atom stereocenters. The van der Waals surface area contributed by atoms with Gasteiger partial charge >= 0.3 is 5.97 Å². The lowest BCUT2D eigenvalue weighted by Gasteiger charge is -2.11. The highest BCUT2D eigenvalue weighted by molar-refractivity contribution is 7.85. The normalized spacial score (nSPS) is 13.9. The summed E-state index contributed by atoms with van der Waals surface area (Å²) in [4.78, 5) is 31.2. The van der Waals surface area contributed by atoms with E-state index in [0.29, 0.717) is 6.29 Å². The van der Waals surface area contributed by atoms with Crippen molar-refractivity contribution in [3.63, 3.8) is 0 Å². The van der Waals surface area contributed by atoms with Crippen LogP contribution in [0.1, 0.15) is 13.3 Å². The van der Waals surface area contributed by atoms with Gasteiger partial charge in [0.1, 0.15) is 12.3 Å². The molecule has 0 aliphatic heterocycles. The van der Waals surface area contributed by atoms with E-state index in [9.17, 15) is 18.6 Å². The molecule has 0 rings (SSSR count). The summed E-state index contributed by atoms with van der Waals surface area (Å²) in [5.41, 5.74) is 0. The topological polar surface area (TPSA) is 101 Å². The van der Waals surface area contributed by atoms with Crippen LogP contribution in [0.5, 0.6) is 0 Å². The molecule has 2 N–H and O–H groups in total. The molecular formula is C8H13NO5S. The number of carboxylic acids is 1. The molecule has 0 aliphatic rings. The van der Waals surface area contributed by atoms with Gasteiger partial charge < -0.3 is 15.2 Å². The van der Waals surface area contributed by atoms with Crippen LogP contribution in [0.25, 0.3) is 0 Å². The van der Waals surface area contributed by atoms with Crippen molar-refractivity contribution in [2.75, 3.05) is 11.5 Å². The second kappa shape index (κ2) is 7.10. The molecule has 7 heteroatoms. The fraction of sp³-hybridized carbons (Fsp3) is 0.625. The van der Waals surface area contributed by atoms with E-state index in [-0.39, 0.29) is 17.9 Å². The molecule has 1 amide bonds. The number of hydrogen-bond acceptors (Lipinski definition) is 4. The van der Waals surface area contributed by atoms with Crippen molar-refractivity contribution in [3.8, 4) is 0 Å². The molecule has 0 heterocycles. The van der Waals surface area contributed by atoms with Gasteiger partial charge in [0.2, 0.25) is 5.91 Å². The third kappa shape index (κ3) is 6.78. The number of aliphatic carboxylic acids is 1. The summed E-state index contributed by atoms with van der Waals surface area (Å²) in [6.45, 7) is 1.18. The highest BCUT2D eigenvalue weighted by atomic mass is 32.2. The van der Waals surface area contributed by atoms with Crippen molar-refractivity contribution in [1.29, 1.82) is 0 Å². The Labute approximate surface area is 89.5 Å². The number of carbonyl (C=O) groups excluding carboxylic acids is 2. The van der Waals surface area contributed by atoms with Gasteiger partial charge in [0, 0.05) is 29.9 Å². The molecule has 15 heavy (non-hydrogen) atoms. The van der Waals surface area contributed by atoms with Gasteiger partial charge in [-0.3, -0.25) is 9.00 Å². The molecule has 86 valence electrons. The SMILES string of the molecule is CC(=O)NC(CS(=O)CCC=O)C(=O)O. The van der Waals surface area contributed by atoms with Crippen LogP contribution in [0.15, 0.2) is 0 Å². The third-order valence-corrected chi connectivity index (χ3v) is 2.89. The van der Waals surface area contributed by atoms with Crippen LogP contribution in [0.3, 0.4) is 0 Å². The monoisotopic (exact) mass is 235 g/mol. The molecule has 0 fully saturated rings. The first-order valence-electron chi connectivity index (χ1n) is 4.26. The van der Waals surface area contributed by atoms with Crippen LogP contribution in [0.2, 0.25) is 0 Å². The van der Waals surface area contributed by atoms with Gasteiger partial charge in [0.15, 0.2) is 0 Å². The molecule has 0 aromatic rings. The van der Waals surface area contributed by atoms with E-state index in [1.807, 2.05) is 0 Å². The number of aldehydes is 1. The molecule has 6 nitrogen and oxygen atoms in total. The van der Waals surface area contributed by atoms with Crippen LogP contribution in [-0.4, -0.2) is 45.0 Å². The first-order chi connectivity index (χ1) is 6.97. The maximum absolute atomic E-state index is 11.2. The minimum atomic E-state index is -1.41. The standard InChI is InChI=1S/C8H13NO5S/c1-6(11)9-7(8(12)13)5-15(14)4-2-3-10/h3,7H,2,4-5H2,1H3,(H,9,11)(H,12,13). The number of carboxylic acid groups (broad SMARTS) is 1. The van der Waals surface area contributed by atoms with E-state index in [1.54, 1.807) is 0 Å². The van der Waals surface area contributed by atoms with Crippen molar-refractivity contribution in [2.24, 2.45) is 0 Å². The Morgan fingerprint density at radius 3 is 2.53 bits per heavy atom. The molecule has 0 saturated carbocycles. The quantitative estimate of drug-likeness (QED) is 0.546. The lowest BCUT2D eigenvalue weighted by Crippen LogP contribution is -2.43. The van der Waals surface area contributed by atoms with Crippen LogP contribution in [0, 0.1) is 0 Å². The van der Waals surface area contributed by atoms with E-state index in [2.05, 4.69) is 5.32 Å². The van der Waals surface area contributed by atoms with Gasteiger partial charge in [-0.2, -0.15) is 0 Å². The maximum atomic E-state index is 11.2. The summed E-state index contributed by atoms with van der Waals surface area (Å²) in [5.74, 6) is -1.78. The van der Waals surface area contributed by atoms with Crippen LogP contribution < -0.4 is 5.32 Å². The molecule has 0 aromatic heterocycles. The zero-order valence-corrected chi connectivity index (χ0v) is 9.08. The van der Waals surface area contributed by atoms with Crippen LogP contribution >= 0.6 is 0 Å². The zero-order valence-electron chi connectivity index (χ0n) is 8.26. The Balaban J connectivity index is 4.16. The Morgan fingerprint density at radius 2 is 2.13 bits per heavy atom. The second-order valence-corrected chi connectivity index (χ2v) is 4.48. The average molecular weight is 235 g/mol. The summed E-state index contributed by atoms with van der Waals surface area (Å²) in [7, 11) is -1.41. The highest BCUT2D eigenvalue weighted by Crippen LogP contribution is 1.93. The summed E-state index contributed by atoms with van der Waals surface area (Å²) < 4.78 is 11.2. The predicted octanol–water partition coefficient (Wildman–Crippen LogP) is -1.09. The van der Waals surface area contributed by atoms with E-state index in [1.165, 1.54) is 6.92 Å². The fourth-order valence-electron chi connectivity index (χ4n) is 0.869. The summed E-state index contributed by atoms with van der Waals surface area (Å²) in [6, 6.07) is -1.16. The maximum Gasteiger partial charge on any atom is 0.327 e. The van der Waals surface area contributed by atoms with Crippen molar-refractivity contribution < 1.29 is 23.7 Å². The fourth-order valence-corrected chi connectivity index (χ4v) is 1.99. The van der Waals surface area contributed by atoms with Gasteiger partial charge in [0.25, 0.3) is 0 Å². The van der Waals surface area contributed by atoms with Gasteiger partial charge in [0.05, 0.1) is 5.75 Å².